The third-order valence-electron chi connectivity index (χ3n) is 3.69. The highest BCUT2D eigenvalue weighted by Gasteiger charge is 2.20. The van der Waals surface area contributed by atoms with Gasteiger partial charge in [0.25, 0.3) is 0 Å². The molecule has 20 heavy (non-hydrogen) atoms. The molecule has 3 rings (SSSR count). The number of nitrogens with two attached hydrogens (primary N) is 1. The predicted octanol–water partition coefficient (Wildman–Crippen LogP) is 3.58. The molecule has 1 aliphatic heterocycles. The number of anilines is 2. The Kier molecular flexibility index (Phi) is 3.50. The van der Waals surface area contributed by atoms with Crippen LogP contribution in [0.5, 0.6) is 5.75 Å². The Balaban J connectivity index is 1.74. The Morgan fingerprint density at radius 2 is 1.90 bits per heavy atom. The largest absolute Gasteiger partial charge is 0.494 e. The van der Waals surface area contributed by atoms with Crippen molar-refractivity contribution in [2.75, 3.05) is 17.2 Å². The van der Waals surface area contributed by atoms with Crippen molar-refractivity contribution in [3.63, 3.8) is 0 Å². The van der Waals surface area contributed by atoms with Gasteiger partial charge in [0.2, 0.25) is 0 Å². The molecule has 104 valence electrons. The van der Waals surface area contributed by atoms with Gasteiger partial charge in [-0.1, -0.05) is 19.1 Å². The van der Waals surface area contributed by atoms with Crippen molar-refractivity contribution in [3.05, 3.63) is 53.6 Å². The molecular formula is C17H20N2O. The molecule has 2 aromatic carbocycles. The second-order valence-electron chi connectivity index (χ2n) is 5.18. The number of rotatable bonds is 4. The Morgan fingerprint density at radius 3 is 2.60 bits per heavy atom. The van der Waals surface area contributed by atoms with E-state index >= 15 is 0 Å². The van der Waals surface area contributed by atoms with Crippen LogP contribution in [-0.2, 0) is 13.1 Å². The molecule has 0 amide bonds. The summed E-state index contributed by atoms with van der Waals surface area (Å²) in [5.41, 5.74) is 10.7. The van der Waals surface area contributed by atoms with Gasteiger partial charge in [-0.15, -0.1) is 0 Å². The average Bonchev–Trinajstić information content (AvgIpc) is 2.91. The monoisotopic (exact) mass is 268 g/mol. The molecular weight excluding hydrogens is 248 g/mol. The summed E-state index contributed by atoms with van der Waals surface area (Å²) in [4.78, 5) is 2.34. The first kappa shape index (κ1) is 12.9. The van der Waals surface area contributed by atoms with Gasteiger partial charge in [0.05, 0.1) is 6.61 Å². The van der Waals surface area contributed by atoms with E-state index in [1.54, 1.807) is 0 Å². The minimum atomic E-state index is 0.769. The normalized spacial score (nSPS) is 13.3. The zero-order valence-electron chi connectivity index (χ0n) is 11.8. The minimum Gasteiger partial charge on any atom is -0.494 e. The van der Waals surface area contributed by atoms with Crippen molar-refractivity contribution in [1.82, 2.24) is 0 Å². The van der Waals surface area contributed by atoms with Crippen LogP contribution >= 0.6 is 0 Å². The van der Waals surface area contributed by atoms with Gasteiger partial charge in [-0.25, -0.2) is 0 Å². The molecule has 0 spiro atoms. The van der Waals surface area contributed by atoms with E-state index < -0.39 is 0 Å². The number of hydrogen-bond acceptors (Lipinski definition) is 3. The first-order valence-electron chi connectivity index (χ1n) is 7.12. The second kappa shape index (κ2) is 5.45. The molecule has 0 atom stereocenters. The fraction of sp³-hybridized carbons (Fsp3) is 0.294. The van der Waals surface area contributed by atoms with Crippen LogP contribution in [0, 0.1) is 0 Å². The summed E-state index contributed by atoms with van der Waals surface area (Å²) in [6, 6.07) is 14.5. The molecule has 1 heterocycles. The van der Waals surface area contributed by atoms with E-state index in [0.29, 0.717) is 0 Å². The van der Waals surface area contributed by atoms with Gasteiger partial charge in [0.1, 0.15) is 5.75 Å². The second-order valence-corrected chi connectivity index (χ2v) is 5.18. The van der Waals surface area contributed by atoms with Gasteiger partial charge < -0.3 is 15.4 Å². The van der Waals surface area contributed by atoms with Crippen LogP contribution in [0.4, 0.5) is 11.4 Å². The van der Waals surface area contributed by atoms with Crippen molar-refractivity contribution in [2.24, 2.45) is 0 Å². The van der Waals surface area contributed by atoms with Crippen LogP contribution in [0.1, 0.15) is 24.5 Å². The fourth-order valence-electron chi connectivity index (χ4n) is 2.60. The van der Waals surface area contributed by atoms with E-state index in [4.69, 9.17) is 10.5 Å². The van der Waals surface area contributed by atoms with Gasteiger partial charge in [-0.05, 0) is 47.9 Å². The third kappa shape index (κ3) is 2.44. The summed E-state index contributed by atoms with van der Waals surface area (Å²) >= 11 is 0. The maximum absolute atomic E-state index is 6.04. The Morgan fingerprint density at radius 1 is 1.10 bits per heavy atom. The average molecular weight is 268 g/mol. The molecule has 0 saturated heterocycles. The van der Waals surface area contributed by atoms with Crippen LogP contribution < -0.4 is 15.4 Å². The maximum atomic E-state index is 6.04. The smallest absolute Gasteiger partial charge is 0.119 e. The number of ether oxygens (including phenoxy) is 1. The molecule has 0 unspecified atom stereocenters. The van der Waals surface area contributed by atoms with Crippen molar-refractivity contribution >= 4 is 11.4 Å². The Labute approximate surface area is 120 Å². The molecule has 3 heteroatoms. The van der Waals surface area contributed by atoms with Crippen molar-refractivity contribution in [2.45, 2.75) is 26.4 Å². The van der Waals surface area contributed by atoms with Gasteiger partial charge in [-0.3, -0.25) is 0 Å². The molecule has 0 bridgehead atoms. The molecule has 0 radical (unpaired) electrons. The lowest BCUT2D eigenvalue weighted by atomic mass is 10.1. The summed E-state index contributed by atoms with van der Waals surface area (Å²) in [6.45, 7) is 4.69. The van der Waals surface area contributed by atoms with E-state index in [0.717, 1.165) is 37.6 Å². The standard InChI is InChI=1S/C17H20N2O/c1-2-10-20-15-8-6-14(7-9-15)19-11-13-4-3-5-17(18)16(13)12-19/h3-9H,2,10-12,18H2,1H3. The lowest BCUT2D eigenvalue weighted by molar-refractivity contribution is 0.317. The van der Waals surface area contributed by atoms with Crippen molar-refractivity contribution in [3.8, 4) is 5.75 Å². The van der Waals surface area contributed by atoms with E-state index in [9.17, 15) is 0 Å². The highest BCUT2D eigenvalue weighted by molar-refractivity contribution is 5.60. The Bertz CT molecular complexity index is 592. The summed E-state index contributed by atoms with van der Waals surface area (Å²) in [6.07, 6.45) is 1.03. The molecule has 0 aromatic heterocycles. The number of nitrogen functional groups attached to an aromatic ring is 1. The lowest BCUT2D eigenvalue weighted by Gasteiger charge is -2.18. The lowest BCUT2D eigenvalue weighted by Crippen LogP contribution is -2.14. The van der Waals surface area contributed by atoms with E-state index in [-0.39, 0.29) is 0 Å². The molecule has 0 aliphatic carbocycles. The highest BCUT2D eigenvalue weighted by Crippen LogP contribution is 2.32. The zero-order valence-corrected chi connectivity index (χ0v) is 11.8. The first-order valence-corrected chi connectivity index (χ1v) is 7.12. The molecule has 3 nitrogen and oxygen atoms in total. The van der Waals surface area contributed by atoms with Crippen LogP contribution in [0.25, 0.3) is 0 Å². The van der Waals surface area contributed by atoms with Crippen molar-refractivity contribution in [1.29, 1.82) is 0 Å². The summed E-state index contributed by atoms with van der Waals surface area (Å²) in [5, 5.41) is 0. The molecule has 2 N–H and O–H groups in total. The van der Waals surface area contributed by atoms with E-state index in [1.165, 1.54) is 16.8 Å². The summed E-state index contributed by atoms with van der Waals surface area (Å²) < 4.78 is 5.62. The topological polar surface area (TPSA) is 38.5 Å². The number of nitrogens with zero attached hydrogens (tertiary/aromatic N) is 1. The minimum absolute atomic E-state index is 0.769. The van der Waals surface area contributed by atoms with Gasteiger partial charge in [-0.2, -0.15) is 0 Å². The van der Waals surface area contributed by atoms with Gasteiger partial charge >= 0.3 is 0 Å². The highest BCUT2D eigenvalue weighted by atomic mass is 16.5. The van der Waals surface area contributed by atoms with Gasteiger partial charge in [0.15, 0.2) is 0 Å². The quantitative estimate of drug-likeness (QED) is 0.861. The zero-order chi connectivity index (χ0) is 13.9. The third-order valence-corrected chi connectivity index (χ3v) is 3.69. The number of hydrogen-bond donors (Lipinski definition) is 1. The maximum Gasteiger partial charge on any atom is 0.119 e. The van der Waals surface area contributed by atoms with Crippen LogP contribution in [0.2, 0.25) is 0 Å². The van der Waals surface area contributed by atoms with Crippen LogP contribution in [0.15, 0.2) is 42.5 Å². The molecule has 0 saturated carbocycles. The Hall–Kier alpha value is -2.16. The van der Waals surface area contributed by atoms with Crippen LogP contribution in [0.3, 0.4) is 0 Å². The van der Waals surface area contributed by atoms with E-state index in [2.05, 4.69) is 30.0 Å². The number of benzene rings is 2. The molecule has 1 aliphatic rings. The fourth-order valence-corrected chi connectivity index (χ4v) is 2.60. The molecule has 2 aromatic rings. The predicted molar refractivity (Wildman–Crippen MR) is 83.0 cm³/mol. The number of fused-ring (bicyclic) bond motifs is 1. The van der Waals surface area contributed by atoms with Crippen LogP contribution in [-0.4, -0.2) is 6.61 Å². The van der Waals surface area contributed by atoms with Crippen molar-refractivity contribution < 1.29 is 4.74 Å². The summed E-state index contributed by atoms with van der Waals surface area (Å²) in [7, 11) is 0. The SMILES string of the molecule is CCCOc1ccc(N2Cc3cccc(N)c3C2)cc1. The molecule has 0 fully saturated rings. The van der Waals surface area contributed by atoms with Gasteiger partial charge in [0, 0.05) is 24.5 Å². The summed E-state index contributed by atoms with van der Waals surface area (Å²) in [5.74, 6) is 0.937. The first-order chi connectivity index (χ1) is 9.78. The van der Waals surface area contributed by atoms with E-state index in [1.807, 2.05) is 24.3 Å².